The van der Waals surface area contributed by atoms with E-state index in [2.05, 4.69) is 160 Å². The van der Waals surface area contributed by atoms with Crippen LogP contribution in [-0.2, 0) is 37.4 Å². The van der Waals surface area contributed by atoms with E-state index in [1.54, 1.807) is 0 Å². The minimum Gasteiger partial charge on any atom is -0.305 e. The number of pyridine rings is 2. The predicted molar refractivity (Wildman–Crippen MR) is 184 cm³/mol. The summed E-state index contributed by atoms with van der Waals surface area (Å²) in [6, 6.07) is 50.7. The van der Waals surface area contributed by atoms with Crippen molar-refractivity contribution in [2.24, 2.45) is 0 Å². The first-order chi connectivity index (χ1) is 21.2. The summed E-state index contributed by atoms with van der Waals surface area (Å²) in [6.07, 6.45) is 4.63. The monoisotopic (exact) mass is 765 g/mol. The Bertz CT molecular complexity index is 1760. The van der Waals surface area contributed by atoms with Crippen LogP contribution in [0.15, 0.2) is 140 Å². The molecule has 0 N–H and O–H groups in total. The molecule has 0 saturated carbocycles. The van der Waals surface area contributed by atoms with Crippen molar-refractivity contribution < 1.29 is 20.1 Å². The summed E-state index contributed by atoms with van der Waals surface area (Å²) in [5.41, 5.74) is 10.6. The smallest absolute Gasteiger partial charge is 0.0163 e. The van der Waals surface area contributed by atoms with Crippen molar-refractivity contribution in [2.75, 3.05) is 0 Å². The van der Waals surface area contributed by atoms with Gasteiger partial charge in [0.25, 0.3) is 0 Å². The van der Waals surface area contributed by atoms with E-state index in [0.717, 1.165) is 28.9 Å². The molecule has 2 nitrogen and oxygen atoms in total. The van der Waals surface area contributed by atoms with Crippen LogP contribution in [0.2, 0.25) is 0 Å². The Morgan fingerprint density at radius 3 is 1.87 bits per heavy atom. The summed E-state index contributed by atoms with van der Waals surface area (Å²) in [4.78, 5) is 8.91. The van der Waals surface area contributed by atoms with Crippen LogP contribution in [0.5, 0.6) is 0 Å². The van der Waals surface area contributed by atoms with E-state index in [1.807, 2.05) is 36.7 Å². The Hall–Kier alpha value is -4.17. The van der Waals surface area contributed by atoms with E-state index in [4.69, 9.17) is 0 Å². The number of rotatable bonds is 6. The van der Waals surface area contributed by atoms with E-state index >= 15 is 0 Å². The molecule has 0 saturated heterocycles. The van der Waals surface area contributed by atoms with Crippen molar-refractivity contribution in [3.63, 3.8) is 0 Å². The van der Waals surface area contributed by atoms with E-state index < -0.39 is 0 Å². The number of hydrogen-bond donors (Lipinski definition) is 0. The summed E-state index contributed by atoms with van der Waals surface area (Å²) in [6.45, 7) is 11.2. The van der Waals surface area contributed by atoms with Gasteiger partial charge in [-0.1, -0.05) is 113 Å². The zero-order valence-electron chi connectivity index (χ0n) is 26.7. The van der Waals surface area contributed by atoms with Gasteiger partial charge in [-0.05, 0) is 57.5 Å². The molecule has 0 atom stereocenters. The average molecular weight is 765 g/mol. The van der Waals surface area contributed by atoms with E-state index in [0.29, 0.717) is 0 Å². The molecule has 6 rings (SSSR count). The maximum atomic E-state index is 4.54. The summed E-state index contributed by atoms with van der Waals surface area (Å²) in [7, 11) is 0. The quantitative estimate of drug-likeness (QED) is 0.158. The first-order valence-electron chi connectivity index (χ1n) is 15.2. The number of benzene rings is 4. The van der Waals surface area contributed by atoms with Crippen molar-refractivity contribution >= 4 is 0 Å². The van der Waals surface area contributed by atoms with Crippen LogP contribution in [0.25, 0.3) is 22.5 Å². The molecule has 0 aliphatic rings. The maximum Gasteiger partial charge on any atom is 0.0163 e. The predicted octanol–water partition coefficient (Wildman–Crippen LogP) is 10.3. The molecule has 0 bridgehead atoms. The normalized spacial score (nSPS) is 11.1. The van der Waals surface area contributed by atoms with Crippen LogP contribution in [0.4, 0.5) is 0 Å². The SMILES string of the molecule is CC(C)(C)c1cc[c-]c(-c2cc(Cc3ccccc3)ccn2)c1.CC(C)(c1c[c-]c(-c2ccccn2)cc1)c1ccccc1.[Ir]. The topological polar surface area (TPSA) is 25.8 Å². The van der Waals surface area contributed by atoms with E-state index in [1.165, 1.54) is 27.8 Å². The standard InChI is InChI=1S/C22H22N.C20H18N.Ir/c1-22(2,3)20-11-7-10-19(16-20)21-15-18(12-13-23-21)14-17-8-5-4-6-9-17;1-20(2,17-8-4-3-5-9-17)18-13-11-16(12-14-18)19-10-6-7-15-21-19;/h4-9,11-13,15-16H,14H2,1-3H3;3-11,13-15H,1-2H3;/q2*-1;. The minimum atomic E-state index is -0.0274. The van der Waals surface area contributed by atoms with E-state index in [9.17, 15) is 0 Å². The van der Waals surface area contributed by atoms with Crippen molar-refractivity contribution in [1.29, 1.82) is 0 Å². The van der Waals surface area contributed by atoms with Gasteiger partial charge >= 0.3 is 0 Å². The Kier molecular flexibility index (Phi) is 11.4. The Balaban J connectivity index is 0.000000201. The maximum absolute atomic E-state index is 4.54. The zero-order chi connectivity index (χ0) is 31.0. The molecule has 229 valence electrons. The van der Waals surface area contributed by atoms with Gasteiger partial charge in [-0.15, -0.1) is 70.8 Å². The van der Waals surface area contributed by atoms with Crippen molar-refractivity contribution in [3.8, 4) is 22.5 Å². The summed E-state index contributed by atoms with van der Waals surface area (Å²) >= 11 is 0. The van der Waals surface area contributed by atoms with Crippen molar-refractivity contribution in [3.05, 3.63) is 180 Å². The van der Waals surface area contributed by atoms with E-state index in [-0.39, 0.29) is 30.9 Å². The van der Waals surface area contributed by atoms with Gasteiger partial charge < -0.3 is 9.97 Å². The van der Waals surface area contributed by atoms with Crippen LogP contribution in [0, 0.1) is 12.1 Å². The molecule has 4 aromatic carbocycles. The molecule has 3 heteroatoms. The second kappa shape index (κ2) is 15.2. The van der Waals surface area contributed by atoms with Crippen LogP contribution < -0.4 is 0 Å². The van der Waals surface area contributed by atoms with Gasteiger partial charge in [-0.25, -0.2) is 0 Å². The fraction of sp³-hybridized carbons (Fsp3) is 0.190. The fourth-order valence-electron chi connectivity index (χ4n) is 5.16. The van der Waals surface area contributed by atoms with Gasteiger partial charge in [0.2, 0.25) is 0 Å². The van der Waals surface area contributed by atoms with Gasteiger partial charge in [0, 0.05) is 32.5 Å². The summed E-state index contributed by atoms with van der Waals surface area (Å²) in [5, 5.41) is 0. The minimum absolute atomic E-state index is 0. The zero-order valence-corrected chi connectivity index (χ0v) is 29.1. The Labute approximate surface area is 283 Å². The Morgan fingerprint density at radius 2 is 1.22 bits per heavy atom. The van der Waals surface area contributed by atoms with Gasteiger partial charge in [-0.2, -0.15) is 0 Å². The molecule has 2 heterocycles. The third kappa shape index (κ3) is 8.94. The molecule has 0 aliphatic heterocycles. The molecule has 2 aromatic heterocycles. The van der Waals surface area contributed by atoms with Crippen molar-refractivity contribution in [2.45, 2.75) is 51.9 Å². The second-order valence-electron chi connectivity index (χ2n) is 12.6. The number of aromatic nitrogens is 2. The number of nitrogens with zero attached hydrogens (tertiary/aromatic N) is 2. The van der Waals surface area contributed by atoms with Crippen molar-refractivity contribution in [1.82, 2.24) is 9.97 Å². The van der Waals surface area contributed by atoms with Crippen LogP contribution in [0.3, 0.4) is 0 Å². The Morgan fingerprint density at radius 1 is 0.533 bits per heavy atom. The molecular formula is C42H40IrN2-2. The first-order valence-corrected chi connectivity index (χ1v) is 15.2. The molecule has 45 heavy (non-hydrogen) atoms. The molecule has 0 unspecified atom stereocenters. The third-order valence-electron chi connectivity index (χ3n) is 7.99. The van der Waals surface area contributed by atoms with Gasteiger partial charge in [0.15, 0.2) is 0 Å². The largest absolute Gasteiger partial charge is 0.305 e. The van der Waals surface area contributed by atoms with Crippen LogP contribution in [0.1, 0.15) is 62.4 Å². The molecular weight excluding hydrogens is 725 g/mol. The molecule has 6 aromatic rings. The summed E-state index contributed by atoms with van der Waals surface area (Å²) < 4.78 is 0. The second-order valence-corrected chi connectivity index (χ2v) is 12.6. The van der Waals surface area contributed by atoms with Gasteiger partial charge in [0.05, 0.1) is 0 Å². The van der Waals surface area contributed by atoms with Gasteiger partial charge in [0.1, 0.15) is 0 Å². The molecule has 0 aliphatic carbocycles. The number of hydrogen-bond acceptors (Lipinski definition) is 2. The summed E-state index contributed by atoms with van der Waals surface area (Å²) in [5.74, 6) is 0. The van der Waals surface area contributed by atoms with Gasteiger partial charge in [-0.3, -0.25) is 0 Å². The third-order valence-corrected chi connectivity index (χ3v) is 7.99. The molecule has 0 fully saturated rings. The van der Waals surface area contributed by atoms with Crippen LogP contribution >= 0.6 is 0 Å². The first kappa shape index (κ1) is 33.7. The molecule has 0 amide bonds. The average Bonchev–Trinajstić information content (AvgIpc) is 3.06. The molecule has 1 radical (unpaired) electrons. The fourth-order valence-corrected chi connectivity index (χ4v) is 5.16. The van der Waals surface area contributed by atoms with Crippen LogP contribution in [-0.4, -0.2) is 9.97 Å². The molecule has 0 spiro atoms.